The van der Waals surface area contributed by atoms with Crippen molar-refractivity contribution in [3.8, 4) is 11.4 Å². The maximum atomic E-state index is 11.4. The summed E-state index contributed by atoms with van der Waals surface area (Å²) in [4.78, 5) is 38.7. The average molecular weight is 357 g/mol. The molecular formula is C18H11N7O2. The van der Waals surface area contributed by atoms with E-state index in [1.54, 1.807) is 0 Å². The normalized spacial score (nSPS) is 11.9. The Hall–Kier alpha value is -4.14. The molecule has 0 saturated carbocycles. The SMILES string of the molecule is O=c1nc(N=Nc2c3[nH]c4ccccc4nc-3c3ccccc23)[nH]c(=O)[nH]1. The zero-order valence-corrected chi connectivity index (χ0v) is 13.7. The number of nitrogens with one attached hydrogen (secondary N) is 3. The molecule has 0 saturated heterocycles. The predicted molar refractivity (Wildman–Crippen MR) is 99.9 cm³/mol. The van der Waals surface area contributed by atoms with Gasteiger partial charge in [-0.05, 0) is 12.1 Å². The minimum absolute atomic E-state index is 0.170. The fourth-order valence-electron chi connectivity index (χ4n) is 3.07. The third-order valence-electron chi connectivity index (χ3n) is 4.20. The van der Waals surface area contributed by atoms with Crippen LogP contribution >= 0.6 is 0 Å². The number of nitrogens with zero attached hydrogens (tertiary/aromatic N) is 4. The zero-order chi connectivity index (χ0) is 18.4. The van der Waals surface area contributed by atoms with Crippen LogP contribution in [0.4, 0.5) is 11.6 Å². The molecule has 0 bridgehead atoms. The monoisotopic (exact) mass is 357 g/mol. The molecule has 0 fully saturated rings. The number of azo groups is 1. The smallest absolute Gasteiger partial charge is 0.350 e. The lowest BCUT2D eigenvalue weighted by Gasteiger charge is -2.04. The van der Waals surface area contributed by atoms with E-state index in [-0.39, 0.29) is 5.95 Å². The standard InChI is InChI=1S/C18H11N7O2/c26-17-21-16(22-18(27)23-17)25-24-14-10-6-2-1-5-9(10)13-15(14)20-12-8-4-3-7-11(12)19-13/h1-8,20H,(H2,21,22,23,26,27). The van der Waals surface area contributed by atoms with Crippen LogP contribution in [0.2, 0.25) is 0 Å². The summed E-state index contributed by atoms with van der Waals surface area (Å²) in [5, 5.41) is 9.97. The van der Waals surface area contributed by atoms with Gasteiger partial charge in [0.1, 0.15) is 5.69 Å². The van der Waals surface area contributed by atoms with Gasteiger partial charge in [-0.1, -0.05) is 36.4 Å². The summed E-state index contributed by atoms with van der Waals surface area (Å²) in [5.74, 6) is -0.170. The van der Waals surface area contributed by atoms with Gasteiger partial charge < -0.3 is 4.98 Å². The van der Waals surface area contributed by atoms with Gasteiger partial charge in [0, 0.05) is 10.8 Å². The van der Waals surface area contributed by atoms with Gasteiger partial charge in [-0.15, -0.1) is 10.2 Å². The molecule has 5 rings (SSSR count). The number of H-pyrrole nitrogens is 3. The molecule has 0 radical (unpaired) electrons. The lowest BCUT2D eigenvalue weighted by molar-refractivity contribution is 0.913. The quantitative estimate of drug-likeness (QED) is 0.419. The fraction of sp³-hybridized carbons (Fsp3) is 0. The van der Waals surface area contributed by atoms with E-state index in [1.165, 1.54) is 0 Å². The van der Waals surface area contributed by atoms with Gasteiger partial charge in [-0.3, -0.25) is 9.97 Å². The van der Waals surface area contributed by atoms with Crippen molar-refractivity contribution in [2.24, 2.45) is 10.2 Å². The maximum absolute atomic E-state index is 11.4. The van der Waals surface area contributed by atoms with Crippen molar-refractivity contribution in [2.75, 3.05) is 0 Å². The lowest BCUT2D eigenvalue weighted by atomic mass is 10.2. The first-order valence-electron chi connectivity index (χ1n) is 8.10. The third kappa shape index (κ3) is 2.49. The van der Waals surface area contributed by atoms with Crippen LogP contribution in [0, 0.1) is 0 Å². The molecular weight excluding hydrogens is 346 g/mol. The first-order valence-corrected chi connectivity index (χ1v) is 8.10. The van der Waals surface area contributed by atoms with E-state index in [4.69, 9.17) is 4.98 Å². The summed E-state index contributed by atoms with van der Waals surface area (Å²) in [5.41, 5.74) is 2.26. The van der Waals surface area contributed by atoms with Crippen LogP contribution in [-0.4, -0.2) is 24.9 Å². The highest BCUT2D eigenvalue weighted by Gasteiger charge is 2.20. The number of aromatic nitrogens is 5. The van der Waals surface area contributed by atoms with Crippen LogP contribution in [0.3, 0.4) is 0 Å². The third-order valence-corrected chi connectivity index (χ3v) is 4.20. The molecule has 2 aromatic carbocycles. The Morgan fingerprint density at radius 3 is 2.41 bits per heavy atom. The van der Waals surface area contributed by atoms with Crippen molar-refractivity contribution in [3.63, 3.8) is 0 Å². The highest BCUT2D eigenvalue weighted by Crippen LogP contribution is 2.43. The maximum Gasteiger partial charge on any atom is 0.352 e. The molecule has 27 heavy (non-hydrogen) atoms. The number of hydrogen-bond acceptors (Lipinski definition) is 6. The van der Waals surface area contributed by atoms with Gasteiger partial charge in [0.2, 0.25) is 0 Å². The van der Waals surface area contributed by atoms with Crippen LogP contribution in [-0.2, 0) is 0 Å². The first kappa shape index (κ1) is 15.1. The molecule has 1 aliphatic carbocycles. The first-order chi connectivity index (χ1) is 13.2. The Bertz CT molecular complexity index is 1400. The second kappa shape index (κ2) is 5.70. The molecule has 130 valence electrons. The highest BCUT2D eigenvalue weighted by atomic mass is 16.2. The van der Waals surface area contributed by atoms with Gasteiger partial charge in [0.05, 0.1) is 22.4 Å². The average Bonchev–Trinajstić information content (AvgIpc) is 2.97. The molecule has 1 aliphatic heterocycles. The van der Waals surface area contributed by atoms with Crippen LogP contribution in [0.5, 0.6) is 0 Å². The van der Waals surface area contributed by atoms with Crippen LogP contribution in [0.25, 0.3) is 33.2 Å². The van der Waals surface area contributed by atoms with E-state index < -0.39 is 11.4 Å². The van der Waals surface area contributed by atoms with Gasteiger partial charge >= 0.3 is 11.4 Å². The molecule has 0 atom stereocenters. The minimum Gasteiger partial charge on any atom is -0.350 e. The second-order valence-corrected chi connectivity index (χ2v) is 5.89. The molecule has 2 heterocycles. The van der Waals surface area contributed by atoms with Gasteiger partial charge in [0.15, 0.2) is 0 Å². The van der Waals surface area contributed by atoms with Gasteiger partial charge in [-0.2, -0.15) is 4.98 Å². The number of benzene rings is 2. The molecule has 0 amide bonds. The van der Waals surface area contributed by atoms with Crippen molar-refractivity contribution in [2.45, 2.75) is 0 Å². The fourth-order valence-corrected chi connectivity index (χ4v) is 3.07. The summed E-state index contributed by atoms with van der Waals surface area (Å²) >= 11 is 0. The van der Waals surface area contributed by atoms with Crippen LogP contribution < -0.4 is 11.4 Å². The molecule has 9 nitrogen and oxygen atoms in total. The van der Waals surface area contributed by atoms with Crippen LogP contribution in [0.15, 0.2) is 68.3 Å². The Labute approximate surface area is 150 Å². The van der Waals surface area contributed by atoms with Crippen molar-refractivity contribution in [1.82, 2.24) is 24.9 Å². The van der Waals surface area contributed by atoms with E-state index in [0.29, 0.717) is 11.4 Å². The molecule has 3 aromatic rings. The highest BCUT2D eigenvalue weighted by molar-refractivity contribution is 6.11. The van der Waals surface area contributed by atoms with E-state index in [2.05, 4.69) is 25.2 Å². The summed E-state index contributed by atoms with van der Waals surface area (Å²) in [6.07, 6.45) is 0. The topological polar surface area (TPSA) is 132 Å². The van der Waals surface area contributed by atoms with E-state index in [1.807, 2.05) is 53.5 Å². The predicted octanol–water partition coefficient (Wildman–Crippen LogP) is 3.01. The summed E-state index contributed by atoms with van der Waals surface area (Å²) in [7, 11) is 0. The Morgan fingerprint density at radius 1 is 0.778 bits per heavy atom. The number of hydrogen-bond donors (Lipinski definition) is 3. The van der Waals surface area contributed by atoms with Crippen molar-refractivity contribution >= 4 is 33.4 Å². The van der Waals surface area contributed by atoms with Crippen LogP contribution in [0.1, 0.15) is 0 Å². The van der Waals surface area contributed by atoms with Gasteiger partial charge in [0.25, 0.3) is 5.95 Å². The second-order valence-electron chi connectivity index (χ2n) is 5.89. The number of aromatic amines is 3. The van der Waals surface area contributed by atoms with Crippen molar-refractivity contribution in [1.29, 1.82) is 0 Å². The van der Waals surface area contributed by atoms with Crippen molar-refractivity contribution < 1.29 is 0 Å². The molecule has 9 heteroatoms. The molecule has 2 aliphatic rings. The van der Waals surface area contributed by atoms with E-state index in [9.17, 15) is 9.59 Å². The molecule has 0 unspecified atom stereocenters. The number of para-hydroxylation sites is 2. The Kier molecular flexibility index (Phi) is 3.20. The summed E-state index contributed by atoms with van der Waals surface area (Å²) < 4.78 is 0. The zero-order valence-electron chi connectivity index (χ0n) is 13.7. The Balaban J connectivity index is 1.79. The molecule has 0 spiro atoms. The number of fused-ring (bicyclic) bond motifs is 4. The minimum atomic E-state index is -0.788. The largest absolute Gasteiger partial charge is 0.352 e. The molecule has 1 aromatic heterocycles. The van der Waals surface area contributed by atoms with Gasteiger partial charge in [-0.25, -0.2) is 14.6 Å². The summed E-state index contributed by atoms with van der Waals surface area (Å²) in [6.45, 7) is 0. The lowest BCUT2D eigenvalue weighted by Crippen LogP contribution is -2.23. The van der Waals surface area contributed by atoms with Crippen molar-refractivity contribution in [3.05, 3.63) is 69.5 Å². The van der Waals surface area contributed by atoms with E-state index in [0.717, 1.165) is 27.5 Å². The Morgan fingerprint density at radius 2 is 1.56 bits per heavy atom. The van der Waals surface area contributed by atoms with E-state index >= 15 is 0 Å². The number of rotatable bonds is 2. The molecule has 3 N–H and O–H groups in total. The summed E-state index contributed by atoms with van der Waals surface area (Å²) in [6, 6.07) is 15.4.